The highest BCUT2D eigenvalue weighted by Crippen LogP contribution is 2.11. The molecule has 2 rings (SSSR count). The van der Waals surface area contributed by atoms with E-state index in [4.69, 9.17) is 14.2 Å². The molecule has 0 aliphatic heterocycles. The third kappa shape index (κ3) is 11.5. The van der Waals surface area contributed by atoms with Gasteiger partial charge in [0.1, 0.15) is 30.3 Å². The number of ether oxygens (including phenoxy) is 3. The van der Waals surface area contributed by atoms with Gasteiger partial charge in [-0.25, -0.2) is 9.59 Å². The highest BCUT2D eigenvalue weighted by Gasteiger charge is 2.32. The molecule has 0 aliphatic rings. The number of carbonyl (C=O) groups excluding carboxylic acids is 5. The Hall–Kier alpha value is -4.41. The van der Waals surface area contributed by atoms with E-state index in [1.165, 1.54) is 14.0 Å². The van der Waals surface area contributed by atoms with Crippen LogP contribution in [0.5, 0.6) is 0 Å². The SMILES string of the molecule is COC(=O)[C@H](Cc1ccccc1)NC(=O)[C@H](CC(=O)OC(C)(C)C)NC(=O)[C@@H](C)NC(=O)OCc1ccccc1. The zero-order valence-electron chi connectivity index (χ0n) is 23.4. The van der Waals surface area contributed by atoms with E-state index >= 15 is 0 Å². The second-order valence-electron chi connectivity index (χ2n) is 10.1. The first-order valence-corrected chi connectivity index (χ1v) is 12.8. The minimum atomic E-state index is -1.41. The van der Waals surface area contributed by atoms with E-state index in [0.29, 0.717) is 0 Å². The average Bonchev–Trinajstić information content (AvgIpc) is 2.90. The van der Waals surface area contributed by atoms with E-state index in [2.05, 4.69) is 16.0 Å². The molecule has 2 aromatic carbocycles. The van der Waals surface area contributed by atoms with Crippen LogP contribution in [0.2, 0.25) is 0 Å². The van der Waals surface area contributed by atoms with Gasteiger partial charge in [0.2, 0.25) is 11.8 Å². The third-order valence-electron chi connectivity index (χ3n) is 5.45. The van der Waals surface area contributed by atoms with Crippen molar-refractivity contribution in [3.8, 4) is 0 Å². The quantitative estimate of drug-likeness (QED) is 0.267. The number of methoxy groups -OCH3 is 1. The lowest BCUT2D eigenvalue weighted by atomic mass is 10.0. The summed E-state index contributed by atoms with van der Waals surface area (Å²) in [5, 5.41) is 7.42. The molecule has 0 saturated carbocycles. The zero-order chi connectivity index (χ0) is 29.7. The van der Waals surface area contributed by atoms with Crippen LogP contribution >= 0.6 is 0 Å². The molecule has 40 heavy (non-hydrogen) atoms. The van der Waals surface area contributed by atoms with Gasteiger partial charge < -0.3 is 30.2 Å². The number of benzene rings is 2. The molecular formula is C29H37N3O8. The molecule has 2 aromatic rings. The van der Waals surface area contributed by atoms with Crippen molar-refractivity contribution in [1.82, 2.24) is 16.0 Å². The molecule has 0 fully saturated rings. The molecule has 0 heterocycles. The molecule has 0 spiro atoms. The zero-order valence-corrected chi connectivity index (χ0v) is 23.4. The normalized spacial score (nSPS) is 13.1. The molecule has 3 atom stereocenters. The van der Waals surface area contributed by atoms with Crippen LogP contribution in [0.15, 0.2) is 60.7 Å². The van der Waals surface area contributed by atoms with Crippen LogP contribution < -0.4 is 16.0 Å². The van der Waals surface area contributed by atoms with Gasteiger partial charge >= 0.3 is 18.0 Å². The summed E-state index contributed by atoms with van der Waals surface area (Å²) in [6.45, 7) is 6.39. The van der Waals surface area contributed by atoms with Crippen molar-refractivity contribution in [3.63, 3.8) is 0 Å². The predicted octanol–water partition coefficient (Wildman–Crippen LogP) is 2.42. The molecule has 216 valence electrons. The Morgan fingerprint density at radius 3 is 1.88 bits per heavy atom. The van der Waals surface area contributed by atoms with Gasteiger partial charge in [-0.3, -0.25) is 14.4 Å². The monoisotopic (exact) mass is 555 g/mol. The van der Waals surface area contributed by atoms with Gasteiger partial charge in [0.15, 0.2) is 0 Å². The van der Waals surface area contributed by atoms with E-state index in [0.717, 1.165) is 11.1 Å². The van der Waals surface area contributed by atoms with Crippen molar-refractivity contribution >= 4 is 29.8 Å². The average molecular weight is 556 g/mol. The van der Waals surface area contributed by atoms with Crippen molar-refractivity contribution in [3.05, 3.63) is 71.8 Å². The Kier molecular flexibility index (Phi) is 12.1. The molecule has 11 nitrogen and oxygen atoms in total. The van der Waals surface area contributed by atoms with E-state index in [1.54, 1.807) is 69.3 Å². The summed E-state index contributed by atoms with van der Waals surface area (Å²) < 4.78 is 15.3. The largest absolute Gasteiger partial charge is 0.467 e. The van der Waals surface area contributed by atoms with Crippen molar-refractivity contribution < 1.29 is 38.2 Å². The van der Waals surface area contributed by atoms with Gasteiger partial charge in [-0.05, 0) is 38.8 Å². The fourth-order valence-corrected chi connectivity index (χ4v) is 3.52. The van der Waals surface area contributed by atoms with Crippen LogP contribution in [0.3, 0.4) is 0 Å². The molecule has 0 aromatic heterocycles. The van der Waals surface area contributed by atoms with Crippen LogP contribution in [0.1, 0.15) is 45.2 Å². The lowest BCUT2D eigenvalue weighted by Crippen LogP contribution is -2.56. The number of carbonyl (C=O) groups is 5. The molecule has 0 saturated heterocycles. The highest BCUT2D eigenvalue weighted by molar-refractivity contribution is 5.95. The number of alkyl carbamates (subject to hydrolysis) is 1. The summed E-state index contributed by atoms with van der Waals surface area (Å²) in [6, 6.07) is 14.3. The van der Waals surface area contributed by atoms with Crippen molar-refractivity contribution in [2.75, 3.05) is 7.11 Å². The number of hydrogen-bond acceptors (Lipinski definition) is 8. The van der Waals surface area contributed by atoms with Gasteiger partial charge in [-0.15, -0.1) is 0 Å². The second kappa shape index (κ2) is 15.2. The van der Waals surface area contributed by atoms with E-state index in [9.17, 15) is 24.0 Å². The number of nitrogens with one attached hydrogen (secondary N) is 3. The lowest BCUT2D eigenvalue weighted by molar-refractivity contribution is -0.156. The van der Waals surface area contributed by atoms with Gasteiger partial charge in [-0.2, -0.15) is 0 Å². The molecule has 0 bridgehead atoms. The van der Waals surface area contributed by atoms with Crippen molar-refractivity contribution in [1.29, 1.82) is 0 Å². The molecule has 0 unspecified atom stereocenters. The van der Waals surface area contributed by atoms with E-state index in [1.807, 2.05) is 12.1 Å². The summed E-state index contributed by atoms with van der Waals surface area (Å²) >= 11 is 0. The maximum Gasteiger partial charge on any atom is 0.408 e. The van der Waals surface area contributed by atoms with Gasteiger partial charge in [-0.1, -0.05) is 60.7 Å². The Morgan fingerprint density at radius 1 is 0.775 bits per heavy atom. The first-order valence-electron chi connectivity index (χ1n) is 12.8. The summed E-state index contributed by atoms with van der Waals surface area (Å²) in [5.74, 6) is -2.99. The Labute approximate surface area is 233 Å². The molecular weight excluding hydrogens is 518 g/mol. The first-order chi connectivity index (χ1) is 18.9. The topological polar surface area (TPSA) is 149 Å². The fourth-order valence-electron chi connectivity index (χ4n) is 3.52. The molecule has 11 heteroatoms. The minimum absolute atomic E-state index is 0.00101. The summed E-state index contributed by atoms with van der Waals surface area (Å²) in [5.41, 5.74) is 0.693. The third-order valence-corrected chi connectivity index (χ3v) is 5.45. The molecule has 0 radical (unpaired) electrons. The van der Waals surface area contributed by atoms with Crippen molar-refractivity contribution in [2.24, 2.45) is 0 Å². The predicted molar refractivity (Wildman–Crippen MR) is 146 cm³/mol. The Bertz CT molecular complexity index is 1150. The van der Waals surface area contributed by atoms with Gasteiger partial charge in [0, 0.05) is 6.42 Å². The van der Waals surface area contributed by atoms with E-state index < -0.39 is 60.0 Å². The van der Waals surface area contributed by atoms with E-state index in [-0.39, 0.29) is 13.0 Å². The second-order valence-corrected chi connectivity index (χ2v) is 10.1. The van der Waals surface area contributed by atoms with Crippen LogP contribution in [0.4, 0.5) is 4.79 Å². The van der Waals surface area contributed by atoms with Crippen molar-refractivity contribution in [2.45, 2.75) is 70.9 Å². The minimum Gasteiger partial charge on any atom is -0.467 e. The smallest absolute Gasteiger partial charge is 0.408 e. The van der Waals surface area contributed by atoms with Gasteiger partial charge in [0.25, 0.3) is 0 Å². The molecule has 3 amide bonds. The van der Waals surface area contributed by atoms with Crippen LogP contribution in [-0.4, -0.2) is 60.7 Å². The maximum atomic E-state index is 13.3. The van der Waals surface area contributed by atoms with Crippen LogP contribution in [0, 0.1) is 0 Å². The summed E-state index contributed by atoms with van der Waals surface area (Å²) in [6.07, 6.45) is -1.23. The van der Waals surface area contributed by atoms with Gasteiger partial charge in [0.05, 0.1) is 13.5 Å². The highest BCUT2D eigenvalue weighted by atomic mass is 16.6. The summed E-state index contributed by atoms with van der Waals surface area (Å²) in [4.78, 5) is 63.3. The molecule has 3 N–H and O–H groups in total. The Balaban J connectivity index is 2.10. The summed E-state index contributed by atoms with van der Waals surface area (Å²) in [7, 11) is 1.19. The lowest BCUT2D eigenvalue weighted by Gasteiger charge is -2.25. The maximum absolute atomic E-state index is 13.3. The standard InChI is InChI=1S/C29H37N3O8/c1-19(30-28(37)39-18-21-14-10-7-11-15-21)25(34)31-22(17-24(33)40-29(2,3)4)26(35)32-23(27(36)38-5)16-20-12-8-6-9-13-20/h6-15,19,22-23H,16-18H2,1-5H3,(H,30,37)(H,31,34)(H,32,35)/t19-,22+,23+/m1/s1. The number of esters is 2. The first kappa shape index (κ1) is 31.8. The number of rotatable bonds is 12. The fraction of sp³-hybridized carbons (Fsp3) is 0.414. The van der Waals surface area contributed by atoms with Crippen LogP contribution in [0.25, 0.3) is 0 Å². The number of hydrogen-bond donors (Lipinski definition) is 3. The number of amides is 3. The molecule has 0 aliphatic carbocycles. The van der Waals surface area contributed by atoms with Crippen LogP contribution in [-0.2, 0) is 46.4 Å². The Morgan fingerprint density at radius 2 is 1.32 bits per heavy atom.